The van der Waals surface area contributed by atoms with E-state index in [2.05, 4.69) is 0 Å². The summed E-state index contributed by atoms with van der Waals surface area (Å²) in [6.07, 6.45) is 0. The molecule has 0 bridgehead atoms. The van der Waals surface area contributed by atoms with E-state index in [9.17, 15) is 4.79 Å². The zero-order valence-corrected chi connectivity index (χ0v) is 7.22. The predicted octanol–water partition coefficient (Wildman–Crippen LogP) is 1.93. The minimum Gasteiger partial charge on any atom is -0.478 e. The van der Waals surface area contributed by atoms with Gasteiger partial charge in [-0.3, -0.25) is 0 Å². The van der Waals surface area contributed by atoms with Gasteiger partial charge >= 0.3 is 5.97 Å². The Hall–Kier alpha value is -1.22. The first-order valence-corrected chi connectivity index (χ1v) is 3.69. The lowest BCUT2D eigenvalue weighted by Crippen LogP contribution is -2.01. The first-order valence-electron chi connectivity index (χ1n) is 3.31. The van der Waals surface area contributed by atoms with Crippen LogP contribution in [0.25, 0.3) is 0 Å². The maximum Gasteiger partial charge on any atom is 0.336 e. The van der Waals surface area contributed by atoms with E-state index in [1.807, 2.05) is 0 Å². The molecule has 0 saturated heterocycles. The number of benzene rings is 1. The van der Waals surface area contributed by atoms with Crippen LogP contribution < -0.4 is 5.73 Å². The van der Waals surface area contributed by atoms with E-state index in [-0.39, 0.29) is 5.56 Å². The van der Waals surface area contributed by atoms with Crippen LogP contribution in [0.2, 0.25) is 5.02 Å². The molecular formula is C8H8ClNO2. The first kappa shape index (κ1) is 8.87. The third kappa shape index (κ3) is 1.51. The second kappa shape index (κ2) is 3.03. The molecule has 3 N–H and O–H groups in total. The molecule has 0 aliphatic rings. The Morgan fingerprint density at radius 3 is 2.67 bits per heavy atom. The topological polar surface area (TPSA) is 63.3 Å². The van der Waals surface area contributed by atoms with Crippen LogP contribution in [0.3, 0.4) is 0 Å². The fourth-order valence-corrected chi connectivity index (χ4v) is 1.14. The van der Waals surface area contributed by atoms with Gasteiger partial charge in [0.2, 0.25) is 0 Å². The van der Waals surface area contributed by atoms with E-state index in [1.165, 1.54) is 6.07 Å². The monoisotopic (exact) mass is 185 g/mol. The molecule has 4 heteroatoms. The van der Waals surface area contributed by atoms with E-state index in [0.29, 0.717) is 16.3 Å². The first-order chi connectivity index (χ1) is 5.52. The molecule has 1 aromatic rings. The normalized spacial score (nSPS) is 9.83. The zero-order valence-electron chi connectivity index (χ0n) is 6.47. The van der Waals surface area contributed by atoms with Gasteiger partial charge in [-0.05, 0) is 24.6 Å². The predicted molar refractivity (Wildman–Crippen MR) is 47.6 cm³/mol. The number of aryl methyl sites for hydroxylation is 1. The highest BCUT2D eigenvalue weighted by Crippen LogP contribution is 2.22. The highest BCUT2D eigenvalue weighted by molar-refractivity contribution is 6.33. The molecule has 12 heavy (non-hydrogen) atoms. The van der Waals surface area contributed by atoms with E-state index in [0.717, 1.165) is 0 Å². The van der Waals surface area contributed by atoms with Gasteiger partial charge in [0.25, 0.3) is 0 Å². The van der Waals surface area contributed by atoms with Crippen molar-refractivity contribution in [2.24, 2.45) is 0 Å². The van der Waals surface area contributed by atoms with Gasteiger partial charge in [-0.1, -0.05) is 11.6 Å². The van der Waals surface area contributed by atoms with Crippen molar-refractivity contribution in [1.82, 2.24) is 0 Å². The summed E-state index contributed by atoms with van der Waals surface area (Å²) in [7, 11) is 0. The third-order valence-electron chi connectivity index (χ3n) is 1.57. The molecule has 0 fully saturated rings. The lowest BCUT2D eigenvalue weighted by molar-refractivity contribution is 0.0696. The van der Waals surface area contributed by atoms with Crippen LogP contribution in [-0.4, -0.2) is 11.1 Å². The average molecular weight is 186 g/mol. The molecule has 0 spiro atoms. The van der Waals surface area contributed by atoms with Gasteiger partial charge in [-0.15, -0.1) is 0 Å². The van der Waals surface area contributed by atoms with Crippen molar-refractivity contribution >= 4 is 23.3 Å². The molecule has 0 amide bonds. The number of anilines is 1. The van der Waals surface area contributed by atoms with E-state index >= 15 is 0 Å². The van der Waals surface area contributed by atoms with Crippen molar-refractivity contribution in [2.75, 3.05) is 5.73 Å². The quantitative estimate of drug-likeness (QED) is 0.658. The van der Waals surface area contributed by atoms with E-state index in [1.54, 1.807) is 13.0 Å². The number of carboxylic acids is 1. The largest absolute Gasteiger partial charge is 0.478 e. The highest BCUT2D eigenvalue weighted by atomic mass is 35.5. The molecule has 0 atom stereocenters. The summed E-state index contributed by atoms with van der Waals surface area (Å²) < 4.78 is 0. The Kier molecular flexibility index (Phi) is 2.24. The van der Waals surface area contributed by atoms with Crippen molar-refractivity contribution < 1.29 is 9.90 Å². The van der Waals surface area contributed by atoms with Crippen LogP contribution in [-0.2, 0) is 0 Å². The molecule has 0 radical (unpaired) electrons. The van der Waals surface area contributed by atoms with Gasteiger partial charge in [0, 0.05) is 0 Å². The summed E-state index contributed by atoms with van der Waals surface area (Å²) in [5, 5.41) is 9.07. The number of hydrogen-bond donors (Lipinski definition) is 2. The van der Waals surface area contributed by atoms with Crippen LogP contribution in [0.5, 0.6) is 0 Å². The number of nitrogens with two attached hydrogens (primary N) is 1. The van der Waals surface area contributed by atoms with Crippen LogP contribution in [0, 0.1) is 6.92 Å². The molecule has 0 heterocycles. The Balaban J connectivity index is 3.33. The number of nitrogen functional groups attached to an aromatic ring is 1. The number of hydrogen-bond acceptors (Lipinski definition) is 2. The Bertz CT molecular complexity index is 336. The number of rotatable bonds is 1. The molecule has 0 aliphatic carbocycles. The summed E-state index contributed by atoms with van der Waals surface area (Å²) in [5.41, 5.74) is 6.53. The van der Waals surface area contributed by atoms with Crippen molar-refractivity contribution in [3.63, 3.8) is 0 Å². The van der Waals surface area contributed by atoms with Crippen LogP contribution in [0.15, 0.2) is 12.1 Å². The number of halogens is 1. The van der Waals surface area contributed by atoms with Crippen molar-refractivity contribution in [1.29, 1.82) is 0 Å². The lowest BCUT2D eigenvalue weighted by atomic mass is 10.1. The molecule has 0 aliphatic heterocycles. The van der Waals surface area contributed by atoms with Crippen LogP contribution >= 0.6 is 11.6 Å². The second-order valence-electron chi connectivity index (χ2n) is 2.49. The molecule has 1 rings (SSSR count). The molecule has 0 aromatic heterocycles. The van der Waals surface area contributed by atoms with Crippen LogP contribution in [0.1, 0.15) is 15.9 Å². The number of carboxylic acid groups (broad SMARTS) is 1. The fraction of sp³-hybridized carbons (Fsp3) is 0.125. The smallest absolute Gasteiger partial charge is 0.336 e. The Morgan fingerprint density at radius 1 is 1.58 bits per heavy atom. The summed E-state index contributed by atoms with van der Waals surface area (Å²) in [5.74, 6) is -0.990. The van der Waals surface area contributed by atoms with Gasteiger partial charge in [0.05, 0.1) is 16.3 Å². The third-order valence-corrected chi connectivity index (χ3v) is 1.90. The van der Waals surface area contributed by atoms with Gasteiger partial charge in [-0.2, -0.15) is 0 Å². The summed E-state index contributed by atoms with van der Waals surface area (Å²) in [6.45, 7) is 1.68. The molecule has 3 nitrogen and oxygen atoms in total. The van der Waals surface area contributed by atoms with Crippen molar-refractivity contribution in [3.8, 4) is 0 Å². The zero-order chi connectivity index (χ0) is 9.30. The Morgan fingerprint density at radius 2 is 2.17 bits per heavy atom. The van der Waals surface area contributed by atoms with Crippen LogP contribution in [0.4, 0.5) is 5.69 Å². The van der Waals surface area contributed by atoms with Crippen molar-refractivity contribution in [3.05, 3.63) is 28.3 Å². The molecule has 64 valence electrons. The standard InChI is InChI=1S/C8H8ClNO2/c1-4-2-6(9)7(10)3-5(4)8(11)12/h2-3H,10H2,1H3,(H,11,12). The number of aromatic carboxylic acids is 1. The fourth-order valence-electron chi connectivity index (χ4n) is 0.920. The van der Waals surface area contributed by atoms with Gasteiger partial charge in [0.1, 0.15) is 0 Å². The molecule has 0 unspecified atom stereocenters. The SMILES string of the molecule is Cc1cc(Cl)c(N)cc1C(=O)O. The van der Waals surface area contributed by atoms with Gasteiger partial charge in [-0.25, -0.2) is 4.79 Å². The second-order valence-corrected chi connectivity index (χ2v) is 2.90. The minimum absolute atomic E-state index is 0.192. The maximum atomic E-state index is 10.6. The number of carbonyl (C=O) groups is 1. The maximum absolute atomic E-state index is 10.6. The summed E-state index contributed by atoms with van der Waals surface area (Å²) >= 11 is 5.67. The highest BCUT2D eigenvalue weighted by Gasteiger charge is 2.09. The van der Waals surface area contributed by atoms with Gasteiger partial charge in [0.15, 0.2) is 0 Å². The minimum atomic E-state index is -0.990. The average Bonchev–Trinajstić information content (AvgIpc) is 1.96. The molecule has 1 aromatic carbocycles. The van der Waals surface area contributed by atoms with E-state index in [4.69, 9.17) is 22.4 Å². The summed E-state index contributed by atoms with van der Waals surface area (Å²) in [6, 6.07) is 2.90. The van der Waals surface area contributed by atoms with E-state index < -0.39 is 5.97 Å². The van der Waals surface area contributed by atoms with Gasteiger partial charge < -0.3 is 10.8 Å². The Labute approximate surface area is 74.8 Å². The van der Waals surface area contributed by atoms with Crippen molar-refractivity contribution in [2.45, 2.75) is 6.92 Å². The summed E-state index contributed by atoms with van der Waals surface area (Å²) in [4.78, 5) is 10.6. The molecule has 0 saturated carbocycles. The lowest BCUT2D eigenvalue weighted by Gasteiger charge is -2.03. The molecular weight excluding hydrogens is 178 g/mol.